The van der Waals surface area contributed by atoms with Gasteiger partial charge in [-0.25, -0.2) is 22.5 Å². The summed E-state index contributed by atoms with van der Waals surface area (Å²) in [7, 11) is 0. The summed E-state index contributed by atoms with van der Waals surface area (Å²) in [6.07, 6.45) is -2.91. The average Bonchev–Trinajstić information content (AvgIpc) is 2.02. The Labute approximate surface area is 80.5 Å². The van der Waals surface area contributed by atoms with Gasteiger partial charge in [0.25, 0.3) is 11.7 Å². The molecular formula is C7H2ClF4NO. The number of halogens is 5. The van der Waals surface area contributed by atoms with Crippen LogP contribution >= 0.6 is 11.6 Å². The van der Waals surface area contributed by atoms with Crippen molar-refractivity contribution >= 4 is 16.8 Å². The SMILES string of the molecule is O=C(Cl)c1c(F)cnc(C(F)F)c1F. The Kier molecular flexibility index (Phi) is 3.05. The van der Waals surface area contributed by atoms with Crippen molar-refractivity contribution in [1.29, 1.82) is 0 Å². The van der Waals surface area contributed by atoms with Crippen LogP contribution in [0.2, 0.25) is 0 Å². The molecule has 0 aliphatic carbocycles. The minimum absolute atomic E-state index is 0.320. The smallest absolute Gasteiger partial charge is 0.275 e. The highest BCUT2D eigenvalue weighted by Gasteiger charge is 2.24. The van der Waals surface area contributed by atoms with Gasteiger partial charge in [-0.15, -0.1) is 0 Å². The summed E-state index contributed by atoms with van der Waals surface area (Å²) in [5.74, 6) is -3.09. The van der Waals surface area contributed by atoms with Gasteiger partial charge in [0.2, 0.25) is 0 Å². The van der Waals surface area contributed by atoms with E-state index in [2.05, 4.69) is 4.98 Å². The zero-order chi connectivity index (χ0) is 10.9. The number of pyridine rings is 1. The van der Waals surface area contributed by atoms with Crippen LogP contribution in [0.25, 0.3) is 0 Å². The molecule has 7 heteroatoms. The molecule has 0 aliphatic heterocycles. The number of nitrogens with zero attached hydrogens (tertiary/aromatic N) is 1. The summed E-state index contributed by atoms with van der Waals surface area (Å²) in [5.41, 5.74) is -2.51. The molecule has 0 radical (unpaired) electrons. The van der Waals surface area contributed by atoms with Gasteiger partial charge in [0.1, 0.15) is 11.3 Å². The van der Waals surface area contributed by atoms with Gasteiger partial charge >= 0.3 is 0 Å². The zero-order valence-electron chi connectivity index (χ0n) is 6.40. The predicted molar refractivity (Wildman–Crippen MR) is 39.3 cm³/mol. The molecule has 76 valence electrons. The van der Waals surface area contributed by atoms with E-state index in [0.717, 1.165) is 0 Å². The molecule has 14 heavy (non-hydrogen) atoms. The fourth-order valence-electron chi connectivity index (χ4n) is 0.813. The van der Waals surface area contributed by atoms with Gasteiger partial charge < -0.3 is 0 Å². The molecule has 0 spiro atoms. The predicted octanol–water partition coefficient (Wildman–Crippen LogP) is 2.68. The van der Waals surface area contributed by atoms with E-state index in [-0.39, 0.29) is 0 Å². The highest BCUT2D eigenvalue weighted by atomic mass is 35.5. The van der Waals surface area contributed by atoms with Crippen molar-refractivity contribution in [3.63, 3.8) is 0 Å². The number of alkyl halides is 2. The molecular weight excluding hydrogens is 226 g/mol. The molecule has 1 aromatic rings. The van der Waals surface area contributed by atoms with Crippen molar-refractivity contribution in [3.8, 4) is 0 Å². The van der Waals surface area contributed by atoms with Crippen molar-refractivity contribution < 1.29 is 22.4 Å². The number of hydrogen-bond donors (Lipinski definition) is 0. The van der Waals surface area contributed by atoms with E-state index in [1.165, 1.54) is 0 Å². The van der Waals surface area contributed by atoms with Crippen molar-refractivity contribution in [3.05, 3.63) is 29.1 Å². The Morgan fingerprint density at radius 3 is 2.43 bits per heavy atom. The Bertz CT molecular complexity index is 382. The quantitative estimate of drug-likeness (QED) is 0.574. The van der Waals surface area contributed by atoms with Crippen LogP contribution in [0.5, 0.6) is 0 Å². The molecule has 0 fully saturated rings. The molecule has 2 nitrogen and oxygen atoms in total. The number of rotatable bonds is 2. The number of carbonyl (C=O) groups excluding carboxylic acids is 1. The number of carbonyl (C=O) groups is 1. The van der Waals surface area contributed by atoms with Gasteiger partial charge in [0.15, 0.2) is 11.6 Å². The Hall–Kier alpha value is -1.17. The standard InChI is InChI=1S/C7H2ClF4NO/c8-6(14)3-2(9)1-13-5(4(3)10)7(11)12/h1,7H. The van der Waals surface area contributed by atoms with Gasteiger partial charge in [-0.3, -0.25) is 4.79 Å². The molecule has 0 aromatic carbocycles. The Balaban J connectivity index is 3.41. The number of hydrogen-bond acceptors (Lipinski definition) is 2. The summed E-state index contributed by atoms with van der Waals surface area (Å²) in [4.78, 5) is 13.3. The lowest BCUT2D eigenvalue weighted by Gasteiger charge is -2.03. The first-order valence-electron chi connectivity index (χ1n) is 3.27. The highest BCUT2D eigenvalue weighted by Crippen LogP contribution is 2.24. The van der Waals surface area contributed by atoms with Crippen LogP contribution in [0.3, 0.4) is 0 Å². The largest absolute Gasteiger partial charge is 0.283 e. The second-order valence-corrected chi connectivity index (χ2v) is 2.60. The summed E-state index contributed by atoms with van der Waals surface area (Å²) < 4.78 is 49.7. The number of aromatic nitrogens is 1. The van der Waals surface area contributed by atoms with Crippen LogP contribution in [0.1, 0.15) is 22.5 Å². The second kappa shape index (κ2) is 3.91. The lowest BCUT2D eigenvalue weighted by molar-refractivity contribution is 0.107. The van der Waals surface area contributed by atoms with Gasteiger partial charge in [0, 0.05) is 0 Å². The van der Waals surface area contributed by atoms with Crippen molar-refractivity contribution in [2.45, 2.75) is 6.43 Å². The van der Waals surface area contributed by atoms with Crippen LogP contribution in [0.4, 0.5) is 17.6 Å². The summed E-state index contributed by atoms with van der Waals surface area (Å²) in [5, 5.41) is -1.48. The van der Waals surface area contributed by atoms with Gasteiger partial charge in [-0.05, 0) is 11.6 Å². The molecule has 0 bridgehead atoms. The molecule has 0 N–H and O–H groups in total. The minimum Gasteiger partial charge on any atom is -0.275 e. The maximum atomic E-state index is 12.9. The lowest BCUT2D eigenvalue weighted by Crippen LogP contribution is -2.06. The van der Waals surface area contributed by atoms with E-state index in [4.69, 9.17) is 11.6 Å². The Morgan fingerprint density at radius 1 is 1.43 bits per heavy atom. The van der Waals surface area contributed by atoms with Crippen LogP contribution in [0, 0.1) is 11.6 Å². The molecule has 0 aliphatic rings. The lowest BCUT2D eigenvalue weighted by atomic mass is 10.2. The fraction of sp³-hybridized carbons (Fsp3) is 0.143. The fourth-order valence-corrected chi connectivity index (χ4v) is 0.986. The van der Waals surface area contributed by atoms with Crippen LogP contribution in [0.15, 0.2) is 6.20 Å². The normalized spacial score (nSPS) is 10.7. The van der Waals surface area contributed by atoms with E-state index < -0.39 is 34.6 Å². The maximum absolute atomic E-state index is 12.9. The average molecular weight is 228 g/mol. The van der Waals surface area contributed by atoms with Crippen molar-refractivity contribution in [2.75, 3.05) is 0 Å². The van der Waals surface area contributed by atoms with E-state index >= 15 is 0 Å². The van der Waals surface area contributed by atoms with Crippen molar-refractivity contribution in [2.24, 2.45) is 0 Å². The first-order valence-corrected chi connectivity index (χ1v) is 3.64. The van der Waals surface area contributed by atoms with E-state index in [9.17, 15) is 22.4 Å². The van der Waals surface area contributed by atoms with Crippen LogP contribution in [-0.4, -0.2) is 10.2 Å². The zero-order valence-corrected chi connectivity index (χ0v) is 7.16. The summed E-state index contributed by atoms with van der Waals surface area (Å²) in [6.45, 7) is 0. The molecule has 0 atom stereocenters. The van der Waals surface area contributed by atoms with Gasteiger partial charge in [0.05, 0.1) is 6.20 Å². The monoisotopic (exact) mass is 227 g/mol. The van der Waals surface area contributed by atoms with E-state index in [0.29, 0.717) is 6.20 Å². The third kappa shape index (κ3) is 1.84. The second-order valence-electron chi connectivity index (χ2n) is 2.25. The highest BCUT2D eigenvalue weighted by molar-refractivity contribution is 6.67. The molecule has 1 aromatic heterocycles. The summed E-state index contributed by atoms with van der Waals surface area (Å²) >= 11 is 4.80. The first-order chi connectivity index (χ1) is 6.45. The first kappa shape index (κ1) is 10.9. The van der Waals surface area contributed by atoms with Crippen LogP contribution in [-0.2, 0) is 0 Å². The van der Waals surface area contributed by atoms with Gasteiger partial charge in [-0.2, -0.15) is 0 Å². The van der Waals surface area contributed by atoms with E-state index in [1.807, 2.05) is 0 Å². The van der Waals surface area contributed by atoms with E-state index in [1.54, 1.807) is 0 Å². The maximum Gasteiger partial charge on any atom is 0.283 e. The van der Waals surface area contributed by atoms with Gasteiger partial charge in [-0.1, -0.05) is 0 Å². The van der Waals surface area contributed by atoms with Crippen molar-refractivity contribution in [1.82, 2.24) is 4.98 Å². The molecule has 1 heterocycles. The van der Waals surface area contributed by atoms with Crippen LogP contribution < -0.4 is 0 Å². The molecule has 0 unspecified atom stereocenters. The molecule has 0 saturated carbocycles. The summed E-state index contributed by atoms with van der Waals surface area (Å²) in [6, 6.07) is 0. The third-order valence-electron chi connectivity index (χ3n) is 1.40. The molecule has 0 amide bonds. The Morgan fingerprint density at radius 2 is 2.00 bits per heavy atom. The third-order valence-corrected chi connectivity index (χ3v) is 1.59. The minimum atomic E-state index is -3.23. The molecule has 1 rings (SSSR count). The molecule has 0 saturated heterocycles. The topological polar surface area (TPSA) is 30.0 Å².